The van der Waals surface area contributed by atoms with E-state index in [1.807, 2.05) is 0 Å². The summed E-state index contributed by atoms with van der Waals surface area (Å²) in [7, 11) is 0. The number of amides is 1. The molecule has 0 unspecified atom stereocenters. The molecule has 0 saturated heterocycles. The minimum atomic E-state index is -4.50. The molecule has 1 heterocycles. The molecule has 2 aliphatic carbocycles. The Hall–Kier alpha value is -2.58. The number of rotatable bonds is 3. The monoisotopic (exact) mass is 435 g/mol. The number of aromatic amines is 1. The van der Waals surface area contributed by atoms with Gasteiger partial charge in [-0.3, -0.25) is 9.89 Å². The number of nitrogens with one attached hydrogen (secondary N) is 2. The Bertz CT molecular complexity index is 1150. The van der Waals surface area contributed by atoms with E-state index in [9.17, 15) is 23.1 Å². The number of fused-ring (bicyclic) bond motifs is 2. The second-order valence-electron chi connectivity index (χ2n) is 8.13. The highest BCUT2D eigenvalue weighted by Gasteiger charge is 2.62. The molecule has 2 fully saturated rings. The number of aromatic nitrogens is 2. The molecule has 9 heteroatoms. The highest BCUT2D eigenvalue weighted by molar-refractivity contribution is 6.31. The van der Waals surface area contributed by atoms with E-state index < -0.39 is 23.2 Å². The van der Waals surface area contributed by atoms with Crippen molar-refractivity contribution in [1.29, 1.82) is 0 Å². The fourth-order valence-corrected chi connectivity index (χ4v) is 4.99. The van der Waals surface area contributed by atoms with Crippen LogP contribution < -0.4 is 5.32 Å². The fraction of sp³-hybridized carbons (Fsp3) is 0.333. The van der Waals surface area contributed by atoms with Gasteiger partial charge in [0, 0.05) is 22.0 Å². The van der Waals surface area contributed by atoms with Gasteiger partial charge in [0.2, 0.25) is 0 Å². The van der Waals surface area contributed by atoms with E-state index in [0.717, 1.165) is 23.0 Å². The van der Waals surface area contributed by atoms with Crippen LogP contribution in [0.2, 0.25) is 5.02 Å². The third kappa shape index (κ3) is 3.15. The van der Waals surface area contributed by atoms with E-state index in [-0.39, 0.29) is 23.4 Å². The summed E-state index contributed by atoms with van der Waals surface area (Å²) in [5.41, 5.74) is -0.528. The molecule has 5 nitrogen and oxygen atoms in total. The number of hydrogen-bond acceptors (Lipinski definition) is 3. The Morgan fingerprint density at radius 2 is 1.97 bits per heavy atom. The van der Waals surface area contributed by atoms with Crippen LogP contribution in [0.3, 0.4) is 0 Å². The molecule has 3 N–H and O–H groups in total. The first-order valence-corrected chi connectivity index (χ1v) is 9.87. The van der Waals surface area contributed by atoms with E-state index in [1.54, 1.807) is 18.3 Å². The Balaban J connectivity index is 1.30. The molecule has 1 amide bonds. The summed E-state index contributed by atoms with van der Waals surface area (Å²) in [6, 6.07) is 7.69. The van der Waals surface area contributed by atoms with Crippen molar-refractivity contribution in [2.24, 2.45) is 11.8 Å². The van der Waals surface area contributed by atoms with Gasteiger partial charge in [0.15, 0.2) is 0 Å². The van der Waals surface area contributed by atoms with Gasteiger partial charge in [-0.1, -0.05) is 17.7 Å². The zero-order valence-corrected chi connectivity index (χ0v) is 16.3. The molecule has 0 aliphatic heterocycles. The Kier molecular flexibility index (Phi) is 4.17. The molecule has 2 saturated carbocycles. The standard InChI is InChI=1S/C21H17ClF3N3O2/c22-12-5-16(15-9-26-28-17(15)6-12)20(30)7-13-14(8-20)18(13)27-19(29)10-2-1-3-11(4-10)21(23,24)25/h1-6,9,13-14,18,30H,7-8H2,(H,26,28)(H,27,29)/t13-,14+,18-,20+. The lowest BCUT2D eigenvalue weighted by Gasteiger charge is -2.27. The first kappa shape index (κ1) is 19.4. The zero-order chi connectivity index (χ0) is 21.3. The first-order chi connectivity index (χ1) is 14.2. The van der Waals surface area contributed by atoms with Crippen molar-refractivity contribution in [3.8, 4) is 0 Å². The molecule has 3 aromatic rings. The third-order valence-corrected chi connectivity index (χ3v) is 6.47. The van der Waals surface area contributed by atoms with E-state index in [4.69, 9.17) is 11.6 Å². The number of benzene rings is 2. The predicted octanol–water partition coefficient (Wildman–Crippen LogP) is 4.26. The van der Waals surface area contributed by atoms with Crippen LogP contribution in [0.1, 0.15) is 34.3 Å². The second kappa shape index (κ2) is 6.46. The lowest BCUT2D eigenvalue weighted by Crippen LogP contribution is -2.33. The molecule has 2 aromatic carbocycles. The van der Waals surface area contributed by atoms with Crippen molar-refractivity contribution in [3.05, 3.63) is 64.3 Å². The predicted molar refractivity (Wildman–Crippen MR) is 104 cm³/mol. The van der Waals surface area contributed by atoms with Crippen molar-refractivity contribution >= 4 is 28.4 Å². The quantitative estimate of drug-likeness (QED) is 0.575. The molecule has 0 bridgehead atoms. The topological polar surface area (TPSA) is 78.0 Å². The highest BCUT2D eigenvalue weighted by atomic mass is 35.5. The molecule has 0 radical (unpaired) electrons. The van der Waals surface area contributed by atoms with Crippen LogP contribution in [0.15, 0.2) is 42.6 Å². The van der Waals surface area contributed by atoms with E-state index in [2.05, 4.69) is 15.5 Å². The first-order valence-electron chi connectivity index (χ1n) is 9.49. The van der Waals surface area contributed by atoms with Crippen LogP contribution in [0, 0.1) is 11.8 Å². The van der Waals surface area contributed by atoms with Crippen molar-refractivity contribution in [2.45, 2.75) is 30.7 Å². The maximum absolute atomic E-state index is 12.9. The zero-order valence-electron chi connectivity index (χ0n) is 15.5. The Morgan fingerprint density at radius 3 is 2.67 bits per heavy atom. The number of nitrogens with zero attached hydrogens (tertiary/aromatic N) is 1. The number of H-pyrrole nitrogens is 1. The van der Waals surface area contributed by atoms with Crippen LogP contribution >= 0.6 is 11.6 Å². The molecule has 2 aliphatic rings. The lowest BCUT2D eigenvalue weighted by atomic mass is 9.86. The minimum absolute atomic E-state index is 0.0278. The molecule has 1 aromatic heterocycles. The van der Waals surface area contributed by atoms with Gasteiger partial charge in [-0.15, -0.1) is 0 Å². The fourth-order valence-electron chi connectivity index (χ4n) is 4.77. The minimum Gasteiger partial charge on any atom is -0.385 e. The van der Waals surface area contributed by atoms with Gasteiger partial charge in [0.05, 0.1) is 22.9 Å². The number of halogens is 4. The van der Waals surface area contributed by atoms with E-state index >= 15 is 0 Å². The van der Waals surface area contributed by atoms with Gasteiger partial charge in [0.25, 0.3) is 5.91 Å². The van der Waals surface area contributed by atoms with Gasteiger partial charge in [-0.2, -0.15) is 18.3 Å². The summed E-state index contributed by atoms with van der Waals surface area (Å²) in [4.78, 5) is 12.5. The van der Waals surface area contributed by atoms with E-state index in [1.165, 1.54) is 12.1 Å². The van der Waals surface area contributed by atoms with Crippen molar-refractivity contribution in [1.82, 2.24) is 15.5 Å². The third-order valence-electron chi connectivity index (χ3n) is 6.25. The van der Waals surface area contributed by atoms with Crippen molar-refractivity contribution in [2.75, 3.05) is 0 Å². The van der Waals surface area contributed by atoms with Gasteiger partial charge < -0.3 is 10.4 Å². The second-order valence-corrected chi connectivity index (χ2v) is 8.57. The van der Waals surface area contributed by atoms with Crippen molar-refractivity contribution in [3.63, 3.8) is 0 Å². The van der Waals surface area contributed by atoms with Crippen LogP contribution in [-0.4, -0.2) is 27.3 Å². The smallest absolute Gasteiger partial charge is 0.385 e. The summed E-state index contributed by atoms with van der Waals surface area (Å²) < 4.78 is 38.6. The molecule has 4 atom stereocenters. The summed E-state index contributed by atoms with van der Waals surface area (Å²) in [5, 5.41) is 22.2. The van der Waals surface area contributed by atoms with Gasteiger partial charge >= 0.3 is 6.18 Å². The van der Waals surface area contributed by atoms with Gasteiger partial charge in [0.1, 0.15) is 0 Å². The lowest BCUT2D eigenvalue weighted by molar-refractivity contribution is -0.137. The summed E-state index contributed by atoms with van der Waals surface area (Å²) in [6.07, 6.45) is -1.98. The molecule has 5 rings (SSSR count). The maximum atomic E-state index is 12.9. The number of hydrogen-bond donors (Lipinski definition) is 3. The average molecular weight is 436 g/mol. The normalized spacial score (nSPS) is 27.8. The van der Waals surface area contributed by atoms with Crippen LogP contribution in [-0.2, 0) is 11.8 Å². The Labute approximate surface area is 174 Å². The summed E-state index contributed by atoms with van der Waals surface area (Å²) in [5.74, 6) is -0.416. The number of carbonyl (C=O) groups excluding carboxylic acids is 1. The van der Waals surface area contributed by atoms with Gasteiger partial charge in [-0.25, -0.2) is 0 Å². The SMILES string of the molecule is O=C(N[C@@H]1[C@@H]2C[C@@](O)(c3cc(Cl)cc4[nH]ncc34)C[C@@H]21)c1cccc(C(F)(F)F)c1. The number of carbonyl (C=O) groups is 1. The summed E-state index contributed by atoms with van der Waals surface area (Å²) in [6.45, 7) is 0. The molecule has 0 spiro atoms. The van der Waals surface area contributed by atoms with Crippen molar-refractivity contribution < 1.29 is 23.1 Å². The van der Waals surface area contributed by atoms with Crippen LogP contribution in [0.5, 0.6) is 0 Å². The van der Waals surface area contributed by atoms with Gasteiger partial charge in [-0.05, 0) is 60.6 Å². The Morgan fingerprint density at radius 1 is 1.23 bits per heavy atom. The number of aliphatic hydroxyl groups is 1. The number of alkyl halides is 3. The molecular formula is C21H17ClF3N3O2. The average Bonchev–Trinajstić information content (AvgIpc) is 3.03. The molecular weight excluding hydrogens is 419 g/mol. The highest BCUT2D eigenvalue weighted by Crippen LogP contribution is 2.60. The van der Waals surface area contributed by atoms with Crippen LogP contribution in [0.4, 0.5) is 13.2 Å². The molecule has 156 valence electrons. The maximum Gasteiger partial charge on any atom is 0.416 e. The largest absolute Gasteiger partial charge is 0.416 e. The molecule has 30 heavy (non-hydrogen) atoms. The van der Waals surface area contributed by atoms with Crippen LogP contribution in [0.25, 0.3) is 10.9 Å². The van der Waals surface area contributed by atoms with E-state index in [0.29, 0.717) is 23.4 Å². The summed E-state index contributed by atoms with van der Waals surface area (Å²) >= 11 is 6.18.